The highest BCUT2D eigenvalue weighted by Gasteiger charge is 2.20. The summed E-state index contributed by atoms with van der Waals surface area (Å²) in [6.07, 6.45) is 1.18. The van der Waals surface area contributed by atoms with E-state index in [9.17, 15) is 0 Å². The fourth-order valence-corrected chi connectivity index (χ4v) is 2.58. The molecule has 0 amide bonds. The standard InChI is InChI=1S/C17H30N2O/c1-7-14(4)19(8-2)12-16(18-5)15-11-13(3)9-10-17(15)20-6/h9-11,14,16,18H,7-8,12H2,1-6H3. The van der Waals surface area contributed by atoms with Gasteiger partial charge in [0.15, 0.2) is 0 Å². The molecule has 1 rings (SSSR count). The van der Waals surface area contributed by atoms with E-state index in [2.05, 4.69) is 56.1 Å². The minimum Gasteiger partial charge on any atom is -0.496 e. The fourth-order valence-electron chi connectivity index (χ4n) is 2.58. The van der Waals surface area contributed by atoms with Crippen molar-refractivity contribution in [3.63, 3.8) is 0 Å². The van der Waals surface area contributed by atoms with Crippen LogP contribution in [0.25, 0.3) is 0 Å². The van der Waals surface area contributed by atoms with Gasteiger partial charge in [0.25, 0.3) is 0 Å². The summed E-state index contributed by atoms with van der Waals surface area (Å²) in [5, 5.41) is 3.44. The molecule has 0 saturated carbocycles. The highest BCUT2D eigenvalue weighted by molar-refractivity contribution is 5.39. The van der Waals surface area contributed by atoms with Gasteiger partial charge in [-0.25, -0.2) is 0 Å². The summed E-state index contributed by atoms with van der Waals surface area (Å²) in [7, 11) is 3.77. The zero-order chi connectivity index (χ0) is 15.1. The second-order valence-corrected chi connectivity index (χ2v) is 5.43. The van der Waals surface area contributed by atoms with Crippen LogP contribution in [0.4, 0.5) is 0 Å². The molecular formula is C17H30N2O. The Labute approximate surface area is 124 Å². The van der Waals surface area contributed by atoms with Gasteiger partial charge in [0.05, 0.1) is 7.11 Å². The normalized spacial score (nSPS) is 14.3. The van der Waals surface area contributed by atoms with Crippen LogP contribution in [0.5, 0.6) is 5.75 Å². The minimum absolute atomic E-state index is 0.291. The molecule has 2 unspecified atom stereocenters. The molecule has 0 saturated heterocycles. The fraction of sp³-hybridized carbons (Fsp3) is 0.647. The maximum atomic E-state index is 5.53. The lowest BCUT2D eigenvalue weighted by molar-refractivity contribution is 0.193. The number of rotatable bonds is 8. The van der Waals surface area contributed by atoms with Gasteiger partial charge in [0.2, 0.25) is 0 Å². The van der Waals surface area contributed by atoms with Crippen LogP contribution >= 0.6 is 0 Å². The summed E-state index contributed by atoms with van der Waals surface area (Å²) in [4.78, 5) is 2.52. The van der Waals surface area contributed by atoms with Crippen molar-refractivity contribution in [1.29, 1.82) is 0 Å². The van der Waals surface area contributed by atoms with Crippen molar-refractivity contribution in [3.8, 4) is 5.75 Å². The van der Waals surface area contributed by atoms with Gasteiger partial charge in [-0.15, -0.1) is 0 Å². The van der Waals surface area contributed by atoms with E-state index >= 15 is 0 Å². The van der Waals surface area contributed by atoms with Crippen LogP contribution in [-0.2, 0) is 0 Å². The third-order valence-corrected chi connectivity index (χ3v) is 4.15. The summed E-state index contributed by atoms with van der Waals surface area (Å²) >= 11 is 0. The lowest BCUT2D eigenvalue weighted by Crippen LogP contribution is -2.39. The zero-order valence-electron chi connectivity index (χ0n) is 13.9. The maximum absolute atomic E-state index is 5.53. The molecular weight excluding hydrogens is 248 g/mol. The molecule has 0 aromatic heterocycles. The molecule has 0 radical (unpaired) electrons. The number of hydrogen-bond donors (Lipinski definition) is 1. The smallest absolute Gasteiger partial charge is 0.123 e. The number of nitrogens with zero attached hydrogens (tertiary/aromatic N) is 1. The van der Waals surface area contributed by atoms with Gasteiger partial charge in [-0.1, -0.05) is 31.5 Å². The SMILES string of the molecule is CCC(C)N(CC)CC(NC)c1cc(C)ccc1OC. The third kappa shape index (κ3) is 4.22. The number of methoxy groups -OCH3 is 1. The van der Waals surface area contributed by atoms with E-state index in [-0.39, 0.29) is 0 Å². The molecule has 0 heterocycles. The van der Waals surface area contributed by atoms with Crippen LogP contribution in [0.3, 0.4) is 0 Å². The summed E-state index contributed by atoms with van der Waals surface area (Å²) in [5.74, 6) is 0.968. The maximum Gasteiger partial charge on any atom is 0.123 e. The average Bonchev–Trinajstić information content (AvgIpc) is 2.47. The molecule has 0 bridgehead atoms. The largest absolute Gasteiger partial charge is 0.496 e. The number of hydrogen-bond acceptors (Lipinski definition) is 3. The van der Waals surface area contributed by atoms with Crippen molar-refractivity contribution < 1.29 is 4.74 Å². The quantitative estimate of drug-likeness (QED) is 0.789. The third-order valence-electron chi connectivity index (χ3n) is 4.15. The molecule has 2 atom stereocenters. The number of ether oxygens (including phenoxy) is 1. The highest BCUT2D eigenvalue weighted by Crippen LogP contribution is 2.27. The van der Waals surface area contributed by atoms with Crippen molar-refractivity contribution in [2.75, 3.05) is 27.2 Å². The Morgan fingerprint density at radius 1 is 1.30 bits per heavy atom. The second-order valence-electron chi connectivity index (χ2n) is 5.43. The van der Waals surface area contributed by atoms with Crippen LogP contribution in [0.2, 0.25) is 0 Å². The first-order chi connectivity index (χ1) is 9.57. The molecule has 0 fully saturated rings. The number of nitrogens with one attached hydrogen (secondary N) is 1. The van der Waals surface area contributed by atoms with Gasteiger partial charge in [0, 0.05) is 24.2 Å². The molecule has 114 valence electrons. The summed E-state index contributed by atoms with van der Waals surface area (Å²) < 4.78 is 5.53. The number of aryl methyl sites for hydroxylation is 1. The molecule has 20 heavy (non-hydrogen) atoms. The summed E-state index contributed by atoms with van der Waals surface area (Å²) in [6, 6.07) is 7.28. The van der Waals surface area contributed by atoms with E-state index in [0.29, 0.717) is 12.1 Å². The molecule has 3 nitrogen and oxygen atoms in total. The van der Waals surface area contributed by atoms with Gasteiger partial charge < -0.3 is 10.1 Å². The van der Waals surface area contributed by atoms with Gasteiger partial charge in [-0.3, -0.25) is 4.90 Å². The molecule has 0 aliphatic heterocycles. The number of likely N-dealkylation sites (N-methyl/N-ethyl adjacent to an activating group) is 2. The van der Waals surface area contributed by atoms with E-state index in [1.165, 1.54) is 17.5 Å². The Kier molecular flexibility index (Phi) is 7.03. The molecule has 0 spiro atoms. The first kappa shape index (κ1) is 17.0. The molecule has 1 N–H and O–H groups in total. The van der Waals surface area contributed by atoms with E-state index < -0.39 is 0 Å². The Morgan fingerprint density at radius 3 is 2.50 bits per heavy atom. The van der Waals surface area contributed by atoms with Gasteiger partial charge in [-0.2, -0.15) is 0 Å². The van der Waals surface area contributed by atoms with Crippen LogP contribution in [-0.4, -0.2) is 38.2 Å². The predicted octanol–water partition coefficient (Wildman–Crippen LogP) is 3.38. The monoisotopic (exact) mass is 278 g/mol. The molecule has 0 aliphatic carbocycles. The van der Waals surface area contributed by atoms with Crippen LogP contribution < -0.4 is 10.1 Å². The molecule has 3 heteroatoms. The minimum atomic E-state index is 0.291. The summed E-state index contributed by atoms with van der Waals surface area (Å²) in [6.45, 7) is 11.0. The van der Waals surface area contributed by atoms with Crippen LogP contribution in [0.1, 0.15) is 44.4 Å². The summed E-state index contributed by atoms with van der Waals surface area (Å²) in [5.41, 5.74) is 2.52. The second kappa shape index (κ2) is 8.28. The first-order valence-corrected chi connectivity index (χ1v) is 7.63. The van der Waals surface area contributed by atoms with Gasteiger partial charge in [-0.05, 0) is 39.9 Å². The van der Waals surface area contributed by atoms with Crippen molar-refractivity contribution in [3.05, 3.63) is 29.3 Å². The zero-order valence-corrected chi connectivity index (χ0v) is 13.9. The van der Waals surface area contributed by atoms with Crippen molar-refractivity contribution in [1.82, 2.24) is 10.2 Å². The van der Waals surface area contributed by atoms with Gasteiger partial charge in [0.1, 0.15) is 5.75 Å². The molecule has 1 aromatic rings. The van der Waals surface area contributed by atoms with Crippen LogP contribution in [0.15, 0.2) is 18.2 Å². The molecule has 0 aliphatic rings. The lowest BCUT2D eigenvalue weighted by Gasteiger charge is -2.31. The lowest BCUT2D eigenvalue weighted by atomic mass is 10.0. The predicted molar refractivity (Wildman–Crippen MR) is 86.5 cm³/mol. The van der Waals surface area contributed by atoms with E-state index in [0.717, 1.165) is 18.8 Å². The van der Waals surface area contributed by atoms with E-state index in [1.54, 1.807) is 7.11 Å². The molecule has 1 aromatic carbocycles. The van der Waals surface area contributed by atoms with Crippen LogP contribution in [0, 0.1) is 6.92 Å². The van der Waals surface area contributed by atoms with Crippen molar-refractivity contribution in [2.45, 2.75) is 46.2 Å². The number of benzene rings is 1. The average molecular weight is 278 g/mol. The Morgan fingerprint density at radius 2 is 2.00 bits per heavy atom. The van der Waals surface area contributed by atoms with Gasteiger partial charge >= 0.3 is 0 Å². The highest BCUT2D eigenvalue weighted by atomic mass is 16.5. The van der Waals surface area contributed by atoms with E-state index in [1.807, 2.05) is 7.05 Å². The van der Waals surface area contributed by atoms with Crippen molar-refractivity contribution in [2.24, 2.45) is 0 Å². The van der Waals surface area contributed by atoms with Crippen molar-refractivity contribution >= 4 is 0 Å². The van der Waals surface area contributed by atoms with E-state index in [4.69, 9.17) is 4.74 Å². The Balaban J connectivity index is 2.97. The first-order valence-electron chi connectivity index (χ1n) is 7.63. The Hall–Kier alpha value is -1.06. The topological polar surface area (TPSA) is 24.5 Å². The Bertz CT molecular complexity index is 406.